The number of rotatable bonds is 2. The van der Waals surface area contributed by atoms with E-state index in [0.29, 0.717) is 17.4 Å². The van der Waals surface area contributed by atoms with E-state index >= 15 is 0 Å². The van der Waals surface area contributed by atoms with Gasteiger partial charge in [-0.2, -0.15) is 0 Å². The highest BCUT2D eigenvalue weighted by atomic mass is 16.6. The first kappa shape index (κ1) is 14.1. The maximum absolute atomic E-state index is 12.1. The van der Waals surface area contributed by atoms with Crippen molar-refractivity contribution in [2.45, 2.75) is 46.0 Å². The van der Waals surface area contributed by atoms with Crippen molar-refractivity contribution in [1.82, 2.24) is 0 Å². The number of benzene rings is 1. The Morgan fingerprint density at radius 3 is 2.26 bits per heavy atom. The largest absolute Gasteiger partial charge is 0.456 e. The molecule has 1 heterocycles. The average Bonchev–Trinajstić information content (AvgIpc) is 2.42. The number of carbonyl (C=O) groups excluding carboxylic acids is 1. The maximum atomic E-state index is 12.1. The first-order valence-electron chi connectivity index (χ1n) is 6.92. The van der Waals surface area contributed by atoms with Crippen molar-refractivity contribution in [3.63, 3.8) is 0 Å². The summed E-state index contributed by atoms with van der Waals surface area (Å²) in [6, 6.07) is 9.10. The van der Waals surface area contributed by atoms with E-state index in [1.54, 1.807) is 12.1 Å². The minimum absolute atomic E-state index is 0.0612. The molecular weight excluding hydrogens is 240 g/mol. The highest BCUT2D eigenvalue weighted by Gasteiger charge is 2.39. The molecule has 3 heteroatoms. The highest BCUT2D eigenvalue weighted by molar-refractivity contribution is 5.89. The molecule has 3 nitrogen and oxygen atoms in total. The van der Waals surface area contributed by atoms with Crippen molar-refractivity contribution in [2.75, 3.05) is 0 Å². The van der Waals surface area contributed by atoms with Crippen molar-refractivity contribution >= 4 is 5.97 Å². The second kappa shape index (κ2) is 5.74. The van der Waals surface area contributed by atoms with E-state index in [4.69, 9.17) is 9.47 Å². The first-order chi connectivity index (χ1) is 9.00. The molecule has 1 aromatic rings. The minimum Gasteiger partial charge on any atom is -0.456 e. The van der Waals surface area contributed by atoms with E-state index in [9.17, 15) is 4.79 Å². The Hall–Kier alpha value is -1.35. The molecule has 2 rings (SSSR count). The van der Waals surface area contributed by atoms with Gasteiger partial charge in [0, 0.05) is 5.92 Å². The second-order valence-electron chi connectivity index (χ2n) is 5.50. The van der Waals surface area contributed by atoms with Crippen LogP contribution < -0.4 is 0 Å². The van der Waals surface area contributed by atoms with Gasteiger partial charge in [0.1, 0.15) is 6.10 Å². The first-order valence-corrected chi connectivity index (χ1v) is 6.92. The predicted octanol–water partition coefficient (Wildman–Crippen LogP) is 3.29. The van der Waals surface area contributed by atoms with Crippen LogP contribution in [0.3, 0.4) is 0 Å². The van der Waals surface area contributed by atoms with Gasteiger partial charge in [0.05, 0.1) is 17.8 Å². The fraction of sp³-hybridized carbons (Fsp3) is 0.562. The van der Waals surface area contributed by atoms with Gasteiger partial charge in [-0.1, -0.05) is 32.0 Å². The summed E-state index contributed by atoms with van der Waals surface area (Å²) in [5.74, 6) is 0.408. The normalized spacial score (nSPS) is 34.8. The molecule has 1 saturated heterocycles. The Labute approximate surface area is 114 Å². The average molecular weight is 262 g/mol. The zero-order chi connectivity index (χ0) is 14.0. The SMILES string of the molecule is CC1O[C@@H](C)C(OC(=O)c2ccccc2)[C@@H](C)[C@@H]1C. The number of hydrogen-bond donors (Lipinski definition) is 0. The summed E-state index contributed by atoms with van der Waals surface area (Å²) >= 11 is 0. The molecule has 19 heavy (non-hydrogen) atoms. The standard InChI is InChI=1S/C16H22O3/c1-10-11(2)15(13(4)18-12(10)3)19-16(17)14-8-6-5-7-9-14/h5-13,15H,1-4H3/t10-,11-,12?,13-,15?/m0/s1. The number of ether oxygens (including phenoxy) is 2. The maximum Gasteiger partial charge on any atom is 0.338 e. The van der Waals surface area contributed by atoms with Gasteiger partial charge < -0.3 is 9.47 Å². The predicted molar refractivity (Wildman–Crippen MR) is 74.0 cm³/mol. The Balaban J connectivity index is 2.08. The lowest BCUT2D eigenvalue weighted by Crippen LogP contribution is -2.48. The fourth-order valence-electron chi connectivity index (χ4n) is 2.66. The van der Waals surface area contributed by atoms with Crippen LogP contribution in [0.25, 0.3) is 0 Å². The lowest BCUT2D eigenvalue weighted by molar-refractivity contribution is -0.157. The Kier molecular flexibility index (Phi) is 4.25. The van der Waals surface area contributed by atoms with Gasteiger partial charge in [0.25, 0.3) is 0 Å². The molecule has 0 N–H and O–H groups in total. The van der Waals surface area contributed by atoms with E-state index in [1.165, 1.54) is 0 Å². The fourth-order valence-corrected chi connectivity index (χ4v) is 2.66. The van der Waals surface area contributed by atoms with Gasteiger partial charge in [-0.15, -0.1) is 0 Å². The second-order valence-corrected chi connectivity index (χ2v) is 5.50. The molecule has 0 radical (unpaired) electrons. The van der Waals surface area contributed by atoms with Crippen LogP contribution in [0, 0.1) is 11.8 Å². The Bertz CT molecular complexity index is 429. The lowest BCUT2D eigenvalue weighted by atomic mass is 9.82. The topological polar surface area (TPSA) is 35.5 Å². The van der Waals surface area contributed by atoms with Crippen LogP contribution in [0.1, 0.15) is 38.1 Å². The quantitative estimate of drug-likeness (QED) is 0.767. The van der Waals surface area contributed by atoms with Crippen LogP contribution in [0.5, 0.6) is 0 Å². The van der Waals surface area contributed by atoms with Crippen LogP contribution in [0.2, 0.25) is 0 Å². The van der Waals surface area contributed by atoms with Crippen molar-refractivity contribution in [3.05, 3.63) is 35.9 Å². The zero-order valence-corrected chi connectivity index (χ0v) is 12.0. The van der Waals surface area contributed by atoms with E-state index in [-0.39, 0.29) is 24.3 Å². The van der Waals surface area contributed by atoms with Crippen molar-refractivity contribution in [1.29, 1.82) is 0 Å². The molecule has 0 bridgehead atoms. The van der Waals surface area contributed by atoms with Gasteiger partial charge >= 0.3 is 5.97 Å². The van der Waals surface area contributed by atoms with E-state index < -0.39 is 0 Å². The molecule has 0 amide bonds. The molecule has 0 aliphatic carbocycles. The molecule has 1 aromatic carbocycles. The van der Waals surface area contributed by atoms with Gasteiger partial charge in [-0.25, -0.2) is 4.79 Å². The molecule has 0 aromatic heterocycles. The van der Waals surface area contributed by atoms with Gasteiger partial charge in [-0.3, -0.25) is 0 Å². The van der Waals surface area contributed by atoms with Crippen LogP contribution in [-0.2, 0) is 9.47 Å². The summed E-state index contributed by atoms with van der Waals surface area (Å²) in [7, 11) is 0. The van der Waals surface area contributed by atoms with E-state index in [2.05, 4.69) is 20.8 Å². The summed E-state index contributed by atoms with van der Waals surface area (Å²) in [5.41, 5.74) is 0.591. The third-order valence-corrected chi connectivity index (χ3v) is 4.23. The molecule has 1 aliphatic heterocycles. The molecule has 1 aliphatic rings. The minimum atomic E-state index is -0.269. The number of hydrogen-bond acceptors (Lipinski definition) is 3. The van der Waals surface area contributed by atoms with Crippen molar-refractivity contribution in [3.8, 4) is 0 Å². The molecule has 0 spiro atoms. The summed E-state index contributed by atoms with van der Waals surface area (Å²) in [5, 5.41) is 0. The monoisotopic (exact) mass is 262 g/mol. The molecular formula is C16H22O3. The molecule has 1 fully saturated rings. The number of esters is 1. The zero-order valence-electron chi connectivity index (χ0n) is 12.0. The van der Waals surface area contributed by atoms with Crippen LogP contribution in [-0.4, -0.2) is 24.3 Å². The smallest absolute Gasteiger partial charge is 0.338 e. The summed E-state index contributed by atoms with van der Waals surface area (Å²) in [6.45, 7) is 8.32. The lowest BCUT2D eigenvalue weighted by Gasteiger charge is -2.42. The molecule has 104 valence electrons. The van der Waals surface area contributed by atoms with Gasteiger partial charge in [-0.05, 0) is 31.9 Å². The van der Waals surface area contributed by atoms with Gasteiger partial charge in [0.15, 0.2) is 0 Å². The number of carbonyl (C=O) groups is 1. The molecule has 5 atom stereocenters. The molecule has 0 saturated carbocycles. The Morgan fingerprint density at radius 1 is 1.00 bits per heavy atom. The van der Waals surface area contributed by atoms with E-state index in [0.717, 1.165) is 0 Å². The third kappa shape index (κ3) is 2.98. The third-order valence-electron chi connectivity index (χ3n) is 4.23. The van der Waals surface area contributed by atoms with Crippen molar-refractivity contribution < 1.29 is 14.3 Å². The van der Waals surface area contributed by atoms with Crippen LogP contribution >= 0.6 is 0 Å². The van der Waals surface area contributed by atoms with E-state index in [1.807, 2.05) is 25.1 Å². The summed E-state index contributed by atoms with van der Waals surface area (Å²) in [6.07, 6.45) is -0.0376. The Morgan fingerprint density at radius 2 is 1.63 bits per heavy atom. The highest BCUT2D eigenvalue weighted by Crippen LogP contribution is 2.32. The van der Waals surface area contributed by atoms with Crippen molar-refractivity contribution in [2.24, 2.45) is 11.8 Å². The van der Waals surface area contributed by atoms with Crippen LogP contribution in [0.15, 0.2) is 30.3 Å². The summed E-state index contributed by atoms with van der Waals surface area (Å²) < 4.78 is 11.5. The molecule has 2 unspecified atom stereocenters. The van der Waals surface area contributed by atoms with Gasteiger partial charge in [0.2, 0.25) is 0 Å². The van der Waals surface area contributed by atoms with Crippen LogP contribution in [0.4, 0.5) is 0 Å². The summed E-state index contributed by atoms with van der Waals surface area (Å²) in [4.78, 5) is 12.1.